The molecule has 2 saturated carbocycles. The molecule has 0 aromatic heterocycles. The summed E-state index contributed by atoms with van der Waals surface area (Å²) in [4.78, 5) is 23.3. The maximum Gasteiger partial charge on any atom is 0.307 e. The Kier molecular flexibility index (Phi) is 4.65. The molecule has 1 aliphatic heterocycles. The average Bonchev–Trinajstić information content (AvgIpc) is 2.97. The smallest absolute Gasteiger partial charge is 0.307 e. The summed E-state index contributed by atoms with van der Waals surface area (Å²) in [5.74, 6) is -1.94. The fourth-order valence-electron chi connectivity index (χ4n) is 7.87. The molecule has 4 aliphatic carbocycles. The maximum absolute atomic E-state index is 11.8. The van der Waals surface area contributed by atoms with Crippen molar-refractivity contribution in [1.29, 1.82) is 0 Å². The highest BCUT2D eigenvalue weighted by Gasteiger charge is 2.60. The zero-order valence-electron chi connectivity index (χ0n) is 19.4. The molecule has 1 spiro atoms. The number of rotatable bonds is 4. The molecule has 1 saturated heterocycles. The first-order valence-electron chi connectivity index (χ1n) is 11.9. The van der Waals surface area contributed by atoms with Crippen LogP contribution >= 0.6 is 0 Å². The maximum atomic E-state index is 11.8. The van der Waals surface area contributed by atoms with Gasteiger partial charge in [-0.05, 0) is 91.9 Å². The topological polar surface area (TPSA) is 93.1 Å². The molecule has 0 aromatic rings. The minimum atomic E-state index is -0.911. The predicted octanol–water partition coefficient (Wildman–Crippen LogP) is 4.92. The lowest BCUT2D eigenvalue weighted by molar-refractivity contribution is -0.459. The normalized spacial score (nSPS) is 42.8. The van der Waals surface area contributed by atoms with Crippen molar-refractivity contribution in [1.82, 2.24) is 0 Å². The van der Waals surface area contributed by atoms with E-state index in [1.807, 2.05) is 26.0 Å². The molecule has 0 amide bonds. The number of ether oxygens (including phenoxy) is 2. The van der Waals surface area contributed by atoms with Crippen LogP contribution in [0.4, 0.5) is 0 Å². The summed E-state index contributed by atoms with van der Waals surface area (Å²) in [6, 6.07) is 0. The first kappa shape index (κ1) is 21.9. The summed E-state index contributed by atoms with van der Waals surface area (Å²) in [7, 11) is 0. The average molecular weight is 443 g/mol. The Hall–Kier alpha value is -1.92. The van der Waals surface area contributed by atoms with Crippen molar-refractivity contribution < 1.29 is 29.3 Å². The van der Waals surface area contributed by atoms with Gasteiger partial charge >= 0.3 is 11.9 Å². The second-order valence-electron chi connectivity index (χ2n) is 11.5. The Morgan fingerprint density at radius 1 is 1.00 bits per heavy atom. The van der Waals surface area contributed by atoms with E-state index in [0.29, 0.717) is 11.8 Å². The molecule has 6 nitrogen and oxygen atoms in total. The van der Waals surface area contributed by atoms with Crippen molar-refractivity contribution in [3.8, 4) is 0 Å². The number of allylic oxidation sites excluding steroid dienone is 3. The van der Waals surface area contributed by atoms with E-state index in [2.05, 4.69) is 26.0 Å². The number of aliphatic carboxylic acids is 2. The van der Waals surface area contributed by atoms with Gasteiger partial charge in [-0.1, -0.05) is 26.0 Å². The number of fused-ring (bicyclic) bond motifs is 5. The van der Waals surface area contributed by atoms with E-state index in [0.717, 1.165) is 36.8 Å². The molecule has 2 N–H and O–H groups in total. The largest absolute Gasteiger partial charge is 0.481 e. The monoisotopic (exact) mass is 442 g/mol. The van der Waals surface area contributed by atoms with Crippen molar-refractivity contribution in [3.05, 3.63) is 35.5 Å². The van der Waals surface area contributed by atoms with Crippen LogP contribution in [0, 0.1) is 34.5 Å². The summed E-state index contributed by atoms with van der Waals surface area (Å²) in [6.45, 7) is 8.25. The highest BCUT2D eigenvalue weighted by molar-refractivity contribution is 5.73. The number of hydrogen-bond donors (Lipinski definition) is 2. The van der Waals surface area contributed by atoms with Gasteiger partial charge in [-0.2, -0.15) is 0 Å². The van der Waals surface area contributed by atoms with Gasteiger partial charge in [-0.25, -0.2) is 0 Å². The zero-order valence-corrected chi connectivity index (χ0v) is 19.4. The van der Waals surface area contributed by atoms with Crippen LogP contribution < -0.4 is 0 Å². The predicted molar refractivity (Wildman–Crippen MR) is 117 cm³/mol. The van der Waals surface area contributed by atoms with Gasteiger partial charge in [0.05, 0.1) is 6.42 Å². The van der Waals surface area contributed by atoms with E-state index >= 15 is 0 Å². The van der Waals surface area contributed by atoms with Gasteiger partial charge in [0.15, 0.2) is 5.79 Å². The first-order chi connectivity index (χ1) is 14.9. The molecule has 6 heteroatoms. The van der Waals surface area contributed by atoms with Crippen LogP contribution in [0.2, 0.25) is 0 Å². The third-order valence-corrected chi connectivity index (χ3v) is 9.20. The van der Waals surface area contributed by atoms with Gasteiger partial charge < -0.3 is 19.7 Å². The number of carbonyl (C=O) groups is 2. The van der Waals surface area contributed by atoms with E-state index in [-0.39, 0.29) is 35.5 Å². The van der Waals surface area contributed by atoms with Gasteiger partial charge in [0, 0.05) is 11.8 Å². The van der Waals surface area contributed by atoms with Crippen molar-refractivity contribution in [3.63, 3.8) is 0 Å². The van der Waals surface area contributed by atoms with Crippen LogP contribution in [-0.4, -0.2) is 33.7 Å². The van der Waals surface area contributed by atoms with Crippen LogP contribution in [-0.2, 0) is 19.1 Å². The Bertz CT molecular complexity index is 949. The molecular weight excluding hydrogens is 408 g/mol. The molecule has 6 atom stereocenters. The van der Waals surface area contributed by atoms with Gasteiger partial charge in [-0.3, -0.25) is 9.59 Å². The molecule has 174 valence electrons. The second kappa shape index (κ2) is 6.80. The van der Waals surface area contributed by atoms with Crippen LogP contribution in [0.3, 0.4) is 0 Å². The van der Waals surface area contributed by atoms with Crippen LogP contribution in [0.15, 0.2) is 35.5 Å². The minimum Gasteiger partial charge on any atom is -0.481 e. The van der Waals surface area contributed by atoms with Gasteiger partial charge in [0.1, 0.15) is 0 Å². The molecule has 5 aliphatic rings. The Morgan fingerprint density at radius 3 is 2.34 bits per heavy atom. The molecule has 0 radical (unpaired) electrons. The highest BCUT2D eigenvalue weighted by atomic mass is 16.9. The Balaban J connectivity index is 1.55. The Labute approximate surface area is 189 Å². The van der Waals surface area contributed by atoms with Gasteiger partial charge in [0.25, 0.3) is 0 Å². The molecule has 0 bridgehead atoms. The van der Waals surface area contributed by atoms with Crippen LogP contribution in [0.25, 0.3) is 0 Å². The van der Waals surface area contributed by atoms with Crippen molar-refractivity contribution in [2.24, 2.45) is 34.5 Å². The fourth-order valence-corrected chi connectivity index (χ4v) is 7.87. The lowest BCUT2D eigenvalue weighted by Crippen LogP contribution is -2.59. The first-order valence-corrected chi connectivity index (χ1v) is 11.9. The van der Waals surface area contributed by atoms with Crippen molar-refractivity contribution in [2.45, 2.75) is 77.8 Å². The molecule has 1 heterocycles. The Morgan fingerprint density at radius 2 is 1.72 bits per heavy atom. The quantitative estimate of drug-likeness (QED) is 0.601. The third kappa shape index (κ3) is 3.13. The zero-order chi connectivity index (χ0) is 23.1. The van der Waals surface area contributed by atoms with E-state index in [1.54, 1.807) is 0 Å². The molecule has 5 rings (SSSR count). The second-order valence-corrected chi connectivity index (χ2v) is 11.5. The number of hydrogen-bond acceptors (Lipinski definition) is 4. The fraction of sp³-hybridized carbons (Fsp3) is 0.692. The van der Waals surface area contributed by atoms with Crippen molar-refractivity contribution >= 4 is 11.9 Å². The molecule has 0 aromatic carbocycles. The van der Waals surface area contributed by atoms with E-state index < -0.39 is 23.5 Å². The minimum absolute atomic E-state index is 0.00814. The van der Waals surface area contributed by atoms with Crippen molar-refractivity contribution in [2.75, 3.05) is 0 Å². The molecule has 0 unspecified atom stereocenters. The summed E-state index contributed by atoms with van der Waals surface area (Å²) in [5, 5.41) is 19.1. The standard InChI is InChI=1S/C26H34O6/c1-23(2)31-26(32-23)10-9-25(4)19-7-8-24(3)16(13-22(29)30)5-6-18(24)17(19)11-15(12-21(27)28)20(25)14-26/h9-11,14,16-19H,5-8,12-13H2,1-4H3,(H,27,28)(H,29,30)/t16-,17-,18-,19-,24+,25+/m0/s1. The number of carboxylic acid groups (broad SMARTS) is 2. The third-order valence-electron chi connectivity index (χ3n) is 9.20. The van der Waals surface area contributed by atoms with E-state index in [1.165, 1.54) is 0 Å². The highest BCUT2D eigenvalue weighted by Crippen LogP contribution is 2.66. The summed E-state index contributed by atoms with van der Waals surface area (Å²) in [6.07, 6.45) is 12.6. The lowest BCUT2D eigenvalue weighted by Gasteiger charge is -2.58. The molecule has 32 heavy (non-hydrogen) atoms. The number of carboxylic acids is 2. The molecule has 3 fully saturated rings. The van der Waals surface area contributed by atoms with Crippen LogP contribution in [0.5, 0.6) is 0 Å². The summed E-state index contributed by atoms with van der Waals surface area (Å²) >= 11 is 0. The van der Waals surface area contributed by atoms with E-state index in [4.69, 9.17) is 9.47 Å². The molecular formula is C26H34O6. The lowest BCUT2D eigenvalue weighted by atomic mass is 9.48. The van der Waals surface area contributed by atoms with E-state index in [9.17, 15) is 19.8 Å². The summed E-state index contributed by atoms with van der Waals surface area (Å²) in [5.41, 5.74) is 1.58. The van der Waals surface area contributed by atoms with Gasteiger partial charge in [-0.15, -0.1) is 0 Å². The van der Waals surface area contributed by atoms with Crippen LogP contribution in [0.1, 0.15) is 66.2 Å². The van der Waals surface area contributed by atoms with Gasteiger partial charge in [0.2, 0.25) is 5.79 Å². The SMILES string of the molecule is CC1(C)OC2(C=C[C@@]3(C)C(=C2)C(CC(=O)O)=C[C@H]2[C@@H]4CC[C@@H](CC(=O)O)[C@@]4(C)CC[C@@H]23)O1. The summed E-state index contributed by atoms with van der Waals surface area (Å²) < 4.78 is 12.1.